The predicted molar refractivity (Wildman–Crippen MR) is 77.8 cm³/mol. The van der Waals surface area contributed by atoms with Crippen LogP contribution in [0, 0.1) is 5.92 Å². The first-order valence-corrected chi connectivity index (χ1v) is 7.29. The molecule has 0 aromatic heterocycles. The highest BCUT2D eigenvalue weighted by Gasteiger charge is 2.21. The van der Waals surface area contributed by atoms with Gasteiger partial charge in [-0.15, -0.1) is 0 Å². The minimum atomic E-state index is -0.320. The van der Waals surface area contributed by atoms with Gasteiger partial charge in [0.05, 0.1) is 12.7 Å². The van der Waals surface area contributed by atoms with E-state index in [0.29, 0.717) is 11.6 Å². The summed E-state index contributed by atoms with van der Waals surface area (Å²) in [6.45, 7) is 5.37. The van der Waals surface area contributed by atoms with E-state index in [0.717, 1.165) is 30.8 Å². The predicted octanol–water partition coefficient (Wildman–Crippen LogP) is 3.16. The Morgan fingerprint density at radius 2 is 2.26 bits per heavy atom. The SMILES string of the molecule is CC(C)C(O)CNC1CCCOc2cc(Cl)ccc21. The summed E-state index contributed by atoms with van der Waals surface area (Å²) >= 11 is 6.01. The minimum Gasteiger partial charge on any atom is -0.493 e. The van der Waals surface area contributed by atoms with Gasteiger partial charge in [-0.25, -0.2) is 0 Å². The number of hydrogen-bond donors (Lipinski definition) is 2. The Bertz CT molecular complexity index is 423. The van der Waals surface area contributed by atoms with E-state index in [-0.39, 0.29) is 18.1 Å². The van der Waals surface area contributed by atoms with E-state index >= 15 is 0 Å². The smallest absolute Gasteiger partial charge is 0.125 e. The van der Waals surface area contributed by atoms with Crippen LogP contribution in [0.15, 0.2) is 18.2 Å². The molecule has 0 saturated heterocycles. The first kappa shape index (κ1) is 14.6. The van der Waals surface area contributed by atoms with Crippen molar-refractivity contribution in [2.75, 3.05) is 13.2 Å². The summed E-state index contributed by atoms with van der Waals surface area (Å²) < 4.78 is 5.73. The van der Waals surface area contributed by atoms with Gasteiger partial charge in [-0.3, -0.25) is 0 Å². The van der Waals surface area contributed by atoms with Gasteiger partial charge in [-0.05, 0) is 30.9 Å². The van der Waals surface area contributed by atoms with Gasteiger partial charge in [0.15, 0.2) is 0 Å². The molecule has 0 saturated carbocycles. The maximum Gasteiger partial charge on any atom is 0.125 e. The summed E-state index contributed by atoms with van der Waals surface area (Å²) in [6, 6.07) is 6.00. The zero-order chi connectivity index (χ0) is 13.8. The molecule has 1 heterocycles. The number of halogens is 1. The maximum absolute atomic E-state index is 9.90. The average Bonchev–Trinajstić information content (AvgIpc) is 2.57. The molecule has 1 aliphatic heterocycles. The molecular formula is C15H22ClNO2. The van der Waals surface area contributed by atoms with Crippen molar-refractivity contribution in [2.24, 2.45) is 5.92 Å². The summed E-state index contributed by atoms with van der Waals surface area (Å²) in [5.74, 6) is 1.13. The van der Waals surface area contributed by atoms with Crippen molar-refractivity contribution in [3.63, 3.8) is 0 Å². The van der Waals surface area contributed by atoms with E-state index in [1.54, 1.807) is 0 Å². The Labute approximate surface area is 119 Å². The number of ether oxygens (including phenoxy) is 1. The summed E-state index contributed by atoms with van der Waals surface area (Å²) in [5.41, 5.74) is 1.14. The summed E-state index contributed by atoms with van der Waals surface area (Å²) in [4.78, 5) is 0. The van der Waals surface area contributed by atoms with Crippen molar-refractivity contribution in [2.45, 2.75) is 38.8 Å². The number of nitrogens with one attached hydrogen (secondary N) is 1. The topological polar surface area (TPSA) is 41.5 Å². The van der Waals surface area contributed by atoms with Crippen LogP contribution in [-0.4, -0.2) is 24.4 Å². The lowest BCUT2D eigenvalue weighted by molar-refractivity contribution is 0.119. The number of aliphatic hydroxyl groups excluding tert-OH is 1. The van der Waals surface area contributed by atoms with E-state index in [9.17, 15) is 5.11 Å². The van der Waals surface area contributed by atoms with E-state index < -0.39 is 0 Å². The number of benzene rings is 1. The van der Waals surface area contributed by atoms with Gasteiger partial charge < -0.3 is 15.2 Å². The van der Waals surface area contributed by atoms with Gasteiger partial charge in [-0.1, -0.05) is 31.5 Å². The van der Waals surface area contributed by atoms with Crippen molar-refractivity contribution >= 4 is 11.6 Å². The molecule has 1 aromatic rings. The number of rotatable bonds is 4. The lowest BCUT2D eigenvalue weighted by Gasteiger charge is -2.22. The molecule has 106 valence electrons. The third kappa shape index (κ3) is 3.85. The van der Waals surface area contributed by atoms with Crippen LogP contribution >= 0.6 is 11.6 Å². The molecule has 2 N–H and O–H groups in total. The highest BCUT2D eigenvalue weighted by atomic mass is 35.5. The molecule has 2 atom stereocenters. The second-order valence-corrected chi connectivity index (χ2v) is 5.88. The lowest BCUT2D eigenvalue weighted by Crippen LogP contribution is -2.33. The second kappa shape index (κ2) is 6.60. The van der Waals surface area contributed by atoms with E-state index in [4.69, 9.17) is 16.3 Å². The Morgan fingerprint density at radius 1 is 1.47 bits per heavy atom. The quantitative estimate of drug-likeness (QED) is 0.892. The van der Waals surface area contributed by atoms with Crippen LogP contribution < -0.4 is 10.1 Å². The average molecular weight is 284 g/mol. The Balaban J connectivity index is 2.09. The minimum absolute atomic E-state index is 0.225. The molecule has 0 fully saturated rings. The van der Waals surface area contributed by atoms with Crippen LogP contribution in [0.3, 0.4) is 0 Å². The molecule has 2 unspecified atom stereocenters. The summed E-state index contributed by atoms with van der Waals surface area (Å²) in [7, 11) is 0. The van der Waals surface area contributed by atoms with Crippen molar-refractivity contribution in [1.82, 2.24) is 5.32 Å². The van der Waals surface area contributed by atoms with Crippen molar-refractivity contribution in [3.8, 4) is 5.75 Å². The zero-order valence-corrected chi connectivity index (χ0v) is 12.3. The molecular weight excluding hydrogens is 262 g/mol. The maximum atomic E-state index is 9.90. The fourth-order valence-corrected chi connectivity index (χ4v) is 2.42. The van der Waals surface area contributed by atoms with Gasteiger partial charge in [-0.2, -0.15) is 0 Å². The standard InChI is InChI=1S/C15H22ClNO2/c1-10(2)14(18)9-17-13-4-3-7-19-15-8-11(16)5-6-12(13)15/h5-6,8,10,13-14,17-18H,3-4,7,9H2,1-2H3. The molecule has 3 nitrogen and oxygen atoms in total. The van der Waals surface area contributed by atoms with E-state index in [1.807, 2.05) is 32.0 Å². The van der Waals surface area contributed by atoms with Crippen LogP contribution in [-0.2, 0) is 0 Å². The molecule has 19 heavy (non-hydrogen) atoms. The van der Waals surface area contributed by atoms with Crippen LogP contribution in [0.25, 0.3) is 0 Å². The Morgan fingerprint density at radius 3 is 3.00 bits per heavy atom. The zero-order valence-electron chi connectivity index (χ0n) is 11.5. The normalized spacial score (nSPS) is 20.6. The first-order valence-electron chi connectivity index (χ1n) is 6.91. The van der Waals surface area contributed by atoms with Crippen LogP contribution in [0.5, 0.6) is 5.75 Å². The van der Waals surface area contributed by atoms with Gasteiger partial charge in [0.2, 0.25) is 0 Å². The van der Waals surface area contributed by atoms with Crippen molar-refractivity contribution < 1.29 is 9.84 Å². The molecule has 0 radical (unpaired) electrons. The molecule has 0 spiro atoms. The molecule has 0 aliphatic carbocycles. The van der Waals surface area contributed by atoms with Crippen LogP contribution in [0.2, 0.25) is 5.02 Å². The fourth-order valence-electron chi connectivity index (χ4n) is 2.26. The van der Waals surface area contributed by atoms with Gasteiger partial charge in [0.1, 0.15) is 5.75 Å². The number of fused-ring (bicyclic) bond motifs is 1. The van der Waals surface area contributed by atoms with Crippen LogP contribution in [0.4, 0.5) is 0 Å². The highest BCUT2D eigenvalue weighted by Crippen LogP contribution is 2.33. The van der Waals surface area contributed by atoms with Gasteiger partial charge in [0, 0.05) is 23.2 Å². The monoisotopic (exact) mass is 283 g/mol. The number of aliphatic hydroxyl groups is 1. The fraction of sp³-hybridized carbons (Fsp3) is 0.600. The Hall–Kier alpha value is -0.770. The van der Waals surface area contributed by atoms with Crippen LogP contribution in [0.1, 0.15) is 38.3 Å². The molecule has 0 bridgehead atoms. The third-order valence-corrected chi connectivity index (χ3v) is 3.82. The number of hydrogen-bond acceptors (Lipinski definition) is 3. The van der Waals surface area contributed by atoms with Crippen molar-refractivity contribution in [1.29, 1.82) is 0 Å². The molecule has 2 rings (SSSR count). The Kier molecular flexibility index (Phi) is 5.08. The van der Waals surface area contributed by atoms with E-state index in [1.165, 1.54) is 0 Å². The highest BCUT2D eigenvalue weighted by molar-refractivity contribution is 6.30. The lowest BCUT2D eigenvalue weighted by atomic mass is 10.0. The first-order chi connectivity index (χ1) is 9.08. The molecule has 1 aliphatic rings. The van der Waals surface area contributed by atoms with Gasteiger partial charge in [0.25, 0.3) is 0 Å². The van der Waals surface area contributed by atoms with E-state index in [2.05, 4.69) is 5.32 Å². The molecule has 4 heteroatoms. The molecule has 0 amide bonds. The van der Waals surface area contributed by atoms with Crippen molar-refractivity contribution in [3.05, 3.63) is 28.8 Å². The third-order valence-electron chi connectivity index (χ3n) is 3.59. The van der Waals surface area contributed by atoms with Gasteiger partial charge >= 0.3 is 0 Å². The summed E-state index contributed by atoms with van der Waals surface area (Å²) in [5, 5.41) is 14.0. The second-order valence-electron chi connectivity index (χ2n) is 5.45. The summed E-state index contributed by atoms with van der Waals surface area (Å²) in [6.07, 6.45) is 1.70. The largest absolute Gasteiger partial charge is 0.493 e. The molecule has 1 aromatic carbocycles.